The molecule has 1 fully saturated rings. The molecule has 1 aliphatic rings. The van der Waals surface area contributed by atoms with E-state index >= 15 is 0 Å². The molecule has 94 valence electrons. The van der Waals surface area contributed by atoms with Gasteiger partial charge < -0.3 is 14.7 Å². The van der Waals surface area contributed by atoms with E-state index in [0.717, 1.165) is 19.6 Å². The van der Waals surface area contributed by atoms with E-state index in [-0.39, 0.29) is 18.5 Å². The minimum atomic E-state index is -0.273. The van der Waals surface area contributed by atoms with Crippen LogP contribution in [0.3, 0.4) is 0 Å². The molecule has 0 saturated carbocycles. The first-order chi connectivity index (χ1) is 8.20. The van der Waals surface area contributed by atoms with Crippen molar-refractivity contribution in [3.63, 3.8) is 0 Å². The monoisotopic (exact) mass is 239 g/mol. The first-order valence-electron chi connectivity index (χ1n) is 5.96. The molecule has 17 heavy (non-hydrogen) atoms. The molecule has 1 N–H and O–H groups in total. The largest absolute Gasteiger partial charge is 0.392 e. The van der Waals surface area contributed by atoms with Crippen molar-refractivity contribution in [1.82, 2.24) is 0 Å². The van der Waals surface area contributed by atoms with Gasteiger partial charge in [-0.3, -0.25) is 0 Å². The Morgan fingerprint density at radius 1 is 1.53 bits per heavy atom. The molecule has 1 heterocycles. The van der Waals surface area contributed by atoms with Crippen molar-refractivity contribution in [3.8, 4) is 0 Å². The van der Waals surface area contributed by atoms with Crippen molar-refractivity contribution in [1.29, 1.82) is 0 Å². The standard InChI is InChI=1S/C13H18FNO2/c1-10-8-15(5-2-6-17-10)13-4-3-11(9-16)7-12(13)14/h3-4,7,10,16H,2,5-6,8-9H2,1H3. The number of aliphatic hydroxyl groups excluding tert-OH is 1. The predicted molar refractivity (Wildman–Crippen MR) is 64.6 cm³/mol. The van der Waals surface area contributed by atoms with Gasteiger partial charge in [-0.05, 0) is 31.0 Å². The molecule has 0 bridgehead atoms. The van der Waals surface area contributed by atoms with Crippen molar-refractivity contribution in [2.24, 2.45) is 0 Å². The Balaban J connectivity index is 2.20. The normalized spacial score (nSPS) is 21.4. The number of hydrogen-bond donors (Lipinski definition) is 1. The summed E-state index contributed by atoms with van der Waals surface area (Å²) in [5.74, 6) is -0.273. The van der Waals surface area contributed by atoms with Crippen molar-refractivity contribution in [2.45, 2.75) is 26.1 Å². The Morgan fingerprint density at radius 3 is 3.06 bits per heavy atom. The maximum atomic E-state index is 13.9. The van der Waals surface area contributed by atoms with Gasteiger partial charge in [0.2, 0.25) is 0 Å². The lowest BCUT2D eigenvalue weighted by Gasteiger charge is -2.25. The second-order valence-electron chi connectivity index (χ2n) is 4.42. The molecule has 1 aromatic carbocycles. The smallest absolute Gasteiger partial charge is 0.146 e. The first-order valence-corrected chi connectivity index (χ1v) is 5.96. The molecule has 1 aliphatic heterocycles. The topological polar surface area (TPSA) is 32.7 Å². The average Bonchev–Trinajstić information content (AvgIpc) is 2.53. The van der Waals surface area contributed by atoms with Crippen LogP contribution in [0.25, 0.3) is 0 Å². The van der Waals surface area contributed by atoms with E-state index < -0.39 is 0 Å². The summed E-state index contributed by atoms with van der Waals surface area (Å²) in [5, 5.41) is 8.95. The fourth-order valence-corrected chi connectivity index (χ4v) is 2.12. The summed E-state index contributed by atoms with van der Waals surface area (Å²) in [4.78, 5) is 2.01. The Kier molecular flexibility index (Phi) is 3.97. The van der Waals surface area contributed by atoms with Gasteiger partial charge in [-0.25, -0.2) is 4.39 Å². The lowest BCUT2D eigenvalue weighted by Crippen LogP contribution is -2.30. The van der Waals surface area contributed by atoms with Gasteiger partial charge in [-0.1, -0.05) is 6.07 Å². The van der Waals surface area contributed by atoms with Crippen LogP contribution < -0.4 is 4.90 Å². The zero-order valence-corrected chi connectivity index (χ0v) is 10.0. The highest BCUT2D eigenvalue weighted by Gasteiger charge is 2.18. The van der Waals surface area contributed by atoms with Crippen LogP contribution in [0.2, 0.25) is 0 Å². The van der Waals surface area contributed by atoms with E-state index in [1.165, 1.54) is 6.07 Å². The molecule has 0 aromatic heterocycles. The number of hydrogen-bond acceptors (Lipinski definition) is 3. The molecular weight excluding hydrogens is 221 g/mol. The van der Waals surface area contributed by atoms with E-state index in [0.29, 0.717) is 17.8 Å². The minimum Gasteiger partial charge on any atom is -0.392 e. The molecule has 1 aromatic rings. The van der Waals surface area contributed by atoms with E-state index in [1.807, 2.05) is 11.8 Å². The van der Waals surface area contributed by atoms with Crippen LogP contribution in [0.4, 0.5) is 10.1 Å². The molecule has 0 spiro atoms. The van der Waals surface area contributed by atoms with Crippen LogP contribution >= 0.6 is 0 Å². The van der Waals surface area contributed by atoms with Crippen LogP contribution in [0.5, 0.6) is 0 Å². The SMILES string of the molecule is CC1CN(c2ccc(CO)cc2F)CCCO1. The lowest BCUT2D eigenvalue weighted by molar-refractivity contribution is 0.0820. The molecule has 1 saturated heterocycles. The molecule has 2 rings (SSSR count). The van der Waals surface area contributed by atoms with Gasteiger partial charge in [0.25, 0.3) is 0 Å². The Labute approximate surface area is 101 Å². The predicted octanol–water partition coefficient (Wildman–Crippen LogP) is 1.93. The van der Waals surface area contributed by atoms with Gasteiger partial charge >= 0.3 is 0 Å². The van der Waals surface area contributed by atoms with Crippen molar-refractivity contribution in [2.75, 3.05) is 24.6 Å². The number of rotatable bonds is 2. The van der Waals surface area contributed by atoms with E-state index in [1.54, 1.807) is 12.1 Å². The molecule has 3 nitrogen and oxygen atoms in total. The fourth-order valence-electron chi connectivity index (χ4n) is 2.12. The highest BCUT2D eigenvalue weighted by molar-refractivity contribution is 5.49. The quantitative estimate of drug-likeness (QED) is 0.856. The van der Waals surface area contributed by atoms with Gasteiger partial charge in [0.15, 0.2) is 0 Å². The number of halogens is 1. The molecule has 4 heteroatoms. The highest BCUT2D eigenvalue weighted by atomic mass is 19.1. The number of ether oxygens (including phenoxy) is 1. The van der Waals surface area contributed by atoms with Crippen molar-refractivity contribution < 1.29 is 14.2 Å². The summed E-state index contributed by atoms with van der Waals surface area (Å²) in [6, 6.07) is 4.89. The Bertz CT molecular complexity index is 384. The summed E-state index contributed by atoms with van der Waals surface area (Å²) in [6.07, 6.45) is 1.03. The van der Waals surface area contributed by atoms with Gasteiger partial charge in [-0.2, -0.15) is 0 Å². The van der Waals surface area contributed by atoms with Crippen LogP contribution in [-0.2, 0) is 11.3 Å². The molecule has 1 atom stereocenters. The van der Waals surface area contributed by atoms with Gasteiger partial charge in [-0.15, -0.1) is 0 Å². The van der Waals surface area contributed by atoms with Gasteiger partial charge in [0, 0.05) is 19.7 Å². The number of nitrogens with zero attached hydrogens (tertiary/aromatic N) is 1. The zero-order valence-electron chi connectivity index (χ0n) is 10.0. The maximum Gasteiger partial charge on any atom is 0.146 e. The molecule has 1 unspecified atom stereocenters. The van der Waals surface area contributed by atoms with E-state index in [4.69, 9.17) is 9.84 Å². The summed E-state index contributed by atoms with van der Waals surface area (Å²) < 4.78 is 19.4. The minimum absolute atomic E-state index is 0.120. The van der Waals surface area contributed by atoms with Gasteiger partial charge in [0.1, 0.15) is 5.82 Å². The van der Waals surface area contributed by atoms with Crippen LogP contribution in [-0.4, -0.2) is 30.9 Å². The molecule has 0 aliphatic carbocycles. The number of benzene rings is 1. The Morgan fingerprint density at radius 2 is 2.35 bits per heavy atom. The molecule has 0 radical (unpaired) electrons. The summed E-state index contributed by atoms with van der Waals surface area (Å²) in [6.45, 7) is 4.11. The lowest BCUT2D eigenvalue weighted by atomic mass is 10.2. The second kappa shape index (κ2) is 5.47. The van der Waals surface area contributed by atoms with E-state index in [2.05, 4.69) is 0 Å². The molecular formula is C13H18FNO2. The third-order valence-corrected chi connectivity index (χ3v) is 2.99. The summed E-state index contributed by atoms with van der Waals surface area (Å²) in [5.41, 5.74) is 1.20. The van der Waals surface area contributed by atoms with Crippen molar-refractivity contribution in [3.05, 3.63) is 29.6 Å². The van der Waals surface area contributed by atoms with Crippen molar-refractivity contribution >= 4 is 5.69 Å². The Hall–Kier alpha value is -1.13. The van der Waals surface area contributed by atoms with E-state index in [9.17, 15) is 4.39 Å². The van der Waals surface area contributed by atoms with Gasteiger partial charge in [0.05, 0.1) is 18.4 Å². The first kappa shape index (κ1) is 12.3. The third-order valence-electron chi connectivity index (χ3n) is 2.99. The summed E-state index contributed by atoms with van der Waals surface area (Å²) >= 11 is 0. The summed E-state index contributed by atoms with van der Waals surface area (Å²) in [7, 11) is 0. The zero-order chi connectivity index (χ0) is 12.3. The highest BCUT2D eigenvalue weighted by Crippen LogP contribution is 2.22. The molecule has 0 amide bonds. The number of aliphatic hydroxyl groups is 1. The average molecular weight is 239 g/mol. The number of anilines is 1. The maximum absolute atomic E-state index is 13.9. The third kappa shape index (κ3) is 2.96. The van der Waals surface area contributed by atoms with Crippen LogP contribution in [0, 0.1) is 5.82 Å². The fraction of sp³-hybridized carbons (Fsp3) is 0.538. The van der Waals surface area contributed by atoms with Crippen LogP contribution in [0.15, 0.2) is 18.2 Å². The second-order valence-corrected chi connectivity index (χ2v) is 4.42. The van der Waals surface area contributed by atoms with Crippen LogP contribution in [0.1, 0.15) is 18.9 Å².